The monoisotopic (exact) mass is 351 g/mol. The van der Waals surface area contributed by atoms with Gasteiger partial charge in [0.05, 0.1) is 0 Å². The van der Waals surface area contributed by atoms with E-state index in [0.29, 0.717) is 31.5 Å². The van der Waals surface area contributed by atoms with Crippen LogP contribution in [0.25, 0.3) is 0 Å². The third-order valence-corrected chi connectivity index (χ3v) is 4.07. The third kappa shape index (κ3) is 5.70. The number of hydrogen-bond acceptors (Lipinski definition) is 4. The first kappa shape index (κ1) is 19.2. The van der Waals surface area contributed by atoms with Gasteiger partial charge in [0.25, 0.3) is 0 Å². The highest BCUT2D eigenvalue weighted by molar-refractivity contribution is 5.81. The van der Waals surface area contributed by atoms with Gasteiger partial charge in [-0.1, -0.05) is 12.1 Å². The van der Waals surface area contributed by atoms with Crippen molar-refractivity contribution in [2.75, 3.05) is 13.1 Å². The van der Waals surface area contributed by atoms with Crippen LogP contribution >= 0.6 is 0 Å². The molecule has 1 aromatic carbocycles. The minimum atomic E-state index is -0.594. The molecule has 0 aliphatic carbocycles. The van der Waals surface area contributed by atoms with E-state index in [4.69, 9.17) is 10.5 Å². The van der Waals surface area contributed by atoms with Crippen molar-refractivity contribution in [1.29, 1.82) is 0 Å². The number of nitrogens with two attached hydrogens (primary N) is 1. The van der Waals surface area contributed by atoms with Gasteiger partial charge in [-0.3, -0.25) is 9.69 Å². The number of piperidine rings is 1. The molecule has 0 spiro atoms. The van der Waals surface area contributed by atoms with Crippen molar-refractivity contribution in [2.24, 2.45) is 5.73 Å². The van der Waals surface area contributed by atoms with Crippen molar-refractivity contribution < 1.29 is 18.7 Å². The summed E-state index contributed by atoms with van der Waals surface area (Å²) in [7, 11) is 0. The Balaban J connectivity index is 1.94. The zero-order valence-electron chi connectivity index (χ0n) is 14.9. The van der Waals surface area contributed by atoms with Crippen LogP contribution in [0, 0.1) is 5.82 Å². The molecule has 2 amide bonds. The first-order valence-electron chi connectivity index (χ1n) is 8.44. The zero-order valence-corrected chi connectivity index (χ0v) is 14.9. The first-order valence-corrected chi connectivity index (χ1v) is 8.44. The van der Waals surface area contributed by atoms with Crippen molar-refractivity contribution in [1.82, 2.24) is 10.2 Å². The molecular formula is C18H26FN3O3. The van der Waals surface area contributed by atoms with E-state index in [1.165, 1.54) is 12.1 Å². The molecule has 1 aromatic rings. The first-order chi connectivity index (χ1) is 11.7. The van der Waals surface area contributed by atoms with Crippen molar-refractivity contribution in [3.8, 4) is 0 Å². The summed E-state index contributed by atoms with van der Waals surface area (Å²) in [4.78, 5) is 25.7. The van der Waals surface area contributed by atoms with Gasteiger partial charge < -0.3 is 15.8 Å². The number of nitrogens with zero attached hydrogens (tertiary/aromatic N) is 1. The quantitative estimate of drug-likeness (QED) is 0.872. The van der Waals surface area contributed by atoms with Crippen LogP contribution in [0.1, 0.15) is 45.2 Å². The van der Waals surface area contributed by atoms with Gasteiger partial charge in [0.1, 0.15) is 17.5 Å². The predicted molar refractivity (Wildman–Crippen MR) is 92.3 cm³/mol. The van der Waals surface area contributed by atoms with Gasteiger partial charge in [0, 0.05) is 19.1 Å². The number of hydrogen-bond donors (Lipinski definition) is 2. The Morgan fingerprint density at radius 1 is 1.24 bits per heavy atom. The number of rotatable bonds is 4. The van der Waals surface area contributed by atoms with E-state index >= 15 is 0 Å². The summed E-state index contributed by atoms with van der Waals surface area (Å²) >= 11 is 0. The summed E-state index contributed by atoms with van der Waals surface area (Å²) in [6.07, 6.45) is 0.935. The average Bonchev–Trinajstić information content (AvgIpc) is 2.49. The zero-order chi connectivity index (χ0) is 18.6. The molecule has 25 heavy (non-hydrogen) atoms. The highest BCUT2D eigenvalue weighted by atomic mass is 19.1. The van der Waals surface area contributed by atoms with Crippen molar-refractivity contribution >= 4 is 12.0 Å². The lowest BCUT2D eigenvalue weighted by Gasteiger charge is -2.36. The molecule has 1 unspecified atom stereocenters. The lowest BCUT2D eigenvalue weighted by atomic mass is 9.99. The number of nitrogens with one attached hydrogen (secondary N) is 1. The Kier molecular flexibility index (Phi) is 6.00. The summed E-state index contributed by atoms with van der Waals surface area (Å²) < 4.78 is 18.4. The molecule has 1 saturated heterocycles. The van der Waals surface area contributed by atoms with Crippen LogP contribution in [0.5, 0.6) is 0 Å². The molecule has 0 bridgehead atoms. The smallest absolute Gasteiger partial charge is 0.407 e. The Morgan fingerprint density at radius 2 is 1.80 bits per heavy atom. The van der Waals surface area contributed by atoms with E-state index in [9.17, 15) is 14.0 Å². The summed E-state index contributed by atoms with van der Waals surface area (Å²) in [6, 6.07) is 5.20. The highest BCUT2D eigenvalue weighted by Gasteiger charge is 2.30. The molecule has 3 N–H and O–H groups in total. The Hall–Kier alpha value is -2.15. The number of amides is 2. The molecule has 1 fully saturated rings. The number of likely N-dealkylation sites (tertiary alicyclic amines) is 1. The fraction of sp³-hybridized carbons (Fsp3) is 0.556. The van der Waals surface area contributed by atoms with Gasteiger partial charge in [-0.15, -0.1) is 0 Å². The van der Waals surface area contributed by atoms with Gasteiger partial charge in [-0.2, -0.15) is 0 Å². The maximum absolute atomic E-state index is 13.1. The van der Waals surface area contributed by atoms with Gasteiger partial charge in [-0.05, 0) is 51.3 Å². The number of ether oxygens (including phenoxy) is 1. The average molecular weight is 351 g/mol. The van der Waals surface area contributed by atoms with Crippen LogP contribution in [-0.2, 0) is 9.53 Å². The molecule has 1 heterocycles. The predicted octanol–water partition coefficient (Wildman–Crippen LogP) is 2.34. The van der Waals surface area contributed by atoms with Crippen LogP contribution < -0.4 is 11.1 Å². The van der Waals surface area contributed by atoms with Crippen molar-refractivity contribution in [3.05, 3.63) is 35.6 Å². The van der Waals surface area contributed by atoms with E-state index in [1.807, 2.05) is 25.7 Å². The van der Waals surface area contributed by atoms with Crippen LogP contribution in [-0.4, -0.2) is 41.6 Å². The summed E-state index contributed by atoms with van der Waals surface area (Å²) in [6.45, 7) is 6.65. The third-order valence-electron chi connectivity index (χ3n) is 4.07. The largest absolute Gasteiger partial charge is 0.444 e. The number of alkyl carbamates (subject to hydrolysis) is 1. The normalized spacial score (nSPS) is 17.8. The van der Waals surface area contributed by atoms with Gasteiger partial charge >= 0.3 is 6.09 Å². The molecule has 0 saturated carbocycles. The molecule has 1 atom stereocenters. The SMILES string of the molecule is CC(C)(C)OC(=O)NC1CCN(C(C(N)=O)c2ccc(F)cc2)CC1. The molecule has 1 aliphatic heterocycles. The van der Waals surface area contributed by atoms with Crippen molar-refractivity contribution in [2.45, 2.75) is 51.3 Å². The maximum atomic E-state index is 13.1. The van der Waals surface area contributed by atoms with Crippen LogP contribution in [0.3, 0.4) is 0 Å². The number of halogens is 1. The minimum absolute atomic E-state index is 0.00663. The molecule has 2 rings (SSSR count). The molecule has 1 aliphatic rings. The molecule has 138 valence electrons. The Morgan fingerprint density at radius 3 is 2.28 bits per heavy atom. The van der Waals surface area contributed by atoms with E-state index < -0.39 is 23.6 Å². The summed E-state index contributed by atoms with van der Waals surface area (Å²) in [5.74, 6) is -0.822. The fourth-order valence-corrected chi connectivity index (χ4v) is 2.98. The molecule has 6 nitrogen and oxygen atoms in total. The summed E-state index contributed by atoms with van der Waals surface area (Å²) in [5.41, 5.74) is 5.69. The minimum Gasteiger partial charge on any atom is -0.444 e. The second-order valence-corrected chi connectivity index (χ2v) is 7.31. The molecular weight excluding hydrogens is 325 g/mol. The van der Waals surface area contributed by atoms with Gasteiger partial charge in [0.2, 0.25) is 5.91 Å². The van der Waals surface area contributed by atoms with E-state index in [-0.39, 0.29) is 11.9 Å². The topological polar surface area (TPSA) is 84.7 Å². The lowest BCUT2D eigenvalue weighted by molar-refractivity contribution is -0.124. The highest BCUT2D eigenvalue weighted by Crippen LogP contribution is 2.25. The summed E-state index contributed by atoms with van der Waals surface area (Å²) in [5, 5.41) is 2.86. The van der Waals surface area contributed by atoms with E-state index in [0.717, 1.165) is 0 Å². The number of carbonyl (C=O) groups excluding carboxylic acids is 2. The molecule has 0 aromatic heterocycles. The fourth-order valence-electron chi connectivity index (χ4n) is 2.98. The number of primary amides is 1. The maximum Gasteiger partial charge on any atom is 0.407 e. The van der Waals surface area contributed by atoms with Gasteiger partial charge in [-0.25, -0.2) is 9.18 Å². The number of carbonyl (C=O) groups is 2. The second kappa shape index (κ2) is 7.82. The molecule has 0 radical (unpaired) electrons. The van der Waals surface area contributed by atoms with Gasteiger partial charge in [0.15, 0.2) is 0 Å². The van der Waals surface area contributed by atoms with Crippen LogP contribution in [0.15, 0.2) is 24.3 Å². The van der Waals surface area contributed by atoms with Crippen LogP contribution in [0.2, 0.25) is 0 Å². The van der Waals surface area contributed by atoms with E-state index in [1.54, 1.807) is 12.1 Å². The Bertz CT molecular complexity index is 605. The second-order valence-electron chi connectivity index (χ2n) is 7.31. The van der Waals surface area contributed by atoms with Crippen molar-refractivity contribution in [3.63, 3.8) is 0 Å². The van der Waals surface area contributed by atoms with Crippen LogP contribution in [0.4, 0.5) is 9.18 Å². The molecule has 7 heteroatoms. The van der Waals surface area contributed by atoms with E-state index in [2.05, 4.69) is 5.32 Å². The number of benzene rings is 1. The Labute approximate surface area is 147 Å². The standard InChI is InChI=1S/C18H26FN3O3/c1-18(2,3)25-17(24)21-14-8-10-22(11-9-14)15(16(20)23)12-4-6-13(19)7-5-12/h4-7,14-15H,8-11H2,1-3H3,(H2,20,23)(H,21,24). The lowest BCUT2D eigenvalue weighted by Crippen LogP contribution is -2.48.